The van der Waals surface area contributed by atoms with Gasteiger partial charge < -0.3 is 5.73 Å². The topological polar surface area (TPSA) is 85.8 Å². The molecule has 0 unspecified atom stereocenters. The van der Waals surface area contributed by atoms with Gasteiger partial charge in [0.25, 0.3) is 5.91 Å². The normalized spacial score (nSPS) is 10.2. The van der Waals surface area contributed by atoms with Crippen molar-refractivity contribution >= 4 is 33.5 Å². The molecular weight excluding hydrogens is 286 g/mol. The fraction of sp³-hybridized carbons (Fsp3) is 0.100. The summed E-state index contributed by atoms with van der Waals surface area (Å²) in [4.78, 5) is 15.8. The monoisotopic (exact) mass is 295 g/mol. The predicted octanol–water partition coefficient (Wildman–Crippen LogP) is 1.41. The van der Waals surface area contributed by atoms with Crippen LogP contribution in [-0.4, -0.2) is 20.7 Å². The lowest BCUT2D eigenvalue weighted by molar-refractivity contribution is 0.102. The van der Waals surface area contributed by atoms with Crippen molar-refractivity contribution in [1.82, 2.24) is 14.8 Å². The molecule has 1 amide bonds. The average Bonchev–Trinajstić information content (AvgIpc) is 2.68. The number of anilines is 2. The number of amides is 1. The average molecular weight is 296 g/mol. The maximum Gasteiger partial charge on any atom is 0.258 e. The van der Waals surface area contributed by atoms with Crippen LogP contribution in [0.3, 0.4) is 0 Å². The second-order valence-electron chi connectivity index (χ2n) is 3.40. The molecule has 0 aliphatic carbocycles. The number of benzene rings is 1. The zero-order valence-electron chi connectivity index (χ0n) is 9.01. The van der Waals surface area contributed by atoms with Crippen LogP contribution in [-0.2, 0) is 7.05 Å². The Hall–Kier alpha value is -1.89. The summed E-state index contributed by atoms with van der Waals surface area (Å²) in [6.45, 7) is 0. The summed E-state index contributed by atoms with van der Waals surface area (Å²) in [6, 6.07) is 4.99. The summed E-state index contributed by atoms with van der Waals surface area (Å²) in [5.74, 6) is 0.108. The zero-order valence-corrected chi connectivity index (χ0v) is 10.6. The minimum absolute atomic E-state index is 0.277. The molecule has 0 saturated carbocycles. The second kappa shape index (κ2) is 4.54. The highest BCUT2D eigenvalue weighted by atomic mass is 79.9. The van der Waals surface area contributed by atoms with Gasteiger partial charge in [-0.25, -0.2) is 4.68 Å². The fourth-order valence-corrected chi connectivity index (χ4v) is 1.51. The van der Waals surface area contributed by atoms with Crippen molar-refractivity contribution < 1.29 is 4.79 Å². The first kappa shape index (κ1) is 11.6. The fourth-order valence-electron chi connectivity index (χ4n) is 1.27. The summed E-state index contributed by atoms with van der Waals surface area (Å²) < 4.78 is 2.23. The van der Waals surface area contributed by atoms with E-state index in [1.807, 2.05) is 0 Å². The van der Waals surface area contributed by atoms with Gasteiger partial charge >= 0.3 is 0 Å². The number of carbonyl (C=O) groups excluding carboxylic acids is 1. The van der Waals surface area contributed by atoms with Crippen molar-refractivity contribution in [2.75, 3.05) is 11.1 Å². The smallest absolute Gasteiger partial charge is 0.258 e. The van der Waals surface area contributed by atoms with Gasteiger partial charge in [-0.15, -0.1) is 0 Å². The molecule has 2 aromatic rings. The van der Waals surface area contributed by atoms with E-state index in [9.17, 15) is 4.79 Å². The van der Waals surface area contributed by atoms with Gasteiger partial charge in [-0.2, -0.15) is 10.1 Å². The van der Waals surface area contributed by atoms with Gasteiger partial charge in [-0.3, -0.25) is 10.1 Å². The molecule has 1 aromatic heterocycles. The third-order valence-electron chi connectivity index (χ3n) is 2.19. The lowest BCUT2D eigenvalue weighted by Crippen LogP contribution is -2.15. The molecular formula is C10H10BrN5O. The second-order valence-corrected chi connectivity index (χ2v) is 4.25. The first-order valence-corrected chi connectivity index (χ1v) is 5.57. The van der Waals surface area contributed by atoms with E-state index in [1.165, 1.54) is 11.0 Å². The number of aryl methyl sites for hydroxylation is 1. The molecule has 17 heavy (non-hydrogen) atoms. The minimum atomic E-state index is -0.277. The van der Waals surface area contributed by atoms with Crippen molar-refractivity contribution in [2.45, 2.75) is 0 Å². The lowest BCUT2D eigenvalue weighted by atomic mass is 10.2. The summed E-state index contributed by atoms with van der Waals surface area (Å²) >= 11 is 3.27. The van der Waals surface area contributed by atoms with E-state index in [0.29, 0.717) is 17.2 Å². The number of nitrogen functional groups attached to an aromatic ring is 1. The molecule has 88 valence electrons. The van der Waals surface area contributed by atoms with Crippen LogP contribution in [0.15, 0.2) is 29.0 Å². The molecule has 0 saturated heterocycles. The molecule has 0 aliphatic heterocycles. The van der Waals surface area contributed by atoms with Gasteiger partial charge in [0, 0.05) is 22.8 Å². The highest BCUT2D eigenvalue weighted by Crippen LogP contribution is 2.20. The Morgan fingerprint density at radius 1 is 1.53 bits per heavy atom. The molecule has 6 nitrogen and oxygen atoms in total. The van der Waals surface area contributed by atoms with Crippen LogP contribution < -0.4 is 11.1 Å². The minimum Gasteiger partial charge on any atom is -0.398 e. The van der Waals surface area contributed by atoms with Gasteiger partial charge in [-0.1, -0.05) is 0 Å². The van der Waals surface area contributed by atoms with Gasteiger partial charge in [0.15, 0.2) is 0 Å². The number of rotatable bonds is 2. The number of halogens is 1. The van der Waals surface area contributed by atoms with Crippen LogP contribution >= 0.6 is 15.9 Å². The van der Waals surface area contributed by atoms with Crippen molar-refractivity contribution in [1.29, 1.82) is 0 Å². The number of carbonyl (C=O) groups is 1. The highest BCUT2D eigenvalue weighted by molar-refractivity contribution is 9.10. The van der Waals surface area contributed by atoms with E-state index in [-0.39, 0.29) is 5.91 Å². The Bertz CT molecular complexity index is 566. The van der Waals surface area contributed by atoms with E-state index in [2.05, 4.69) is 31.3 Å². The number of hydrogen-bond acceptors (Lipinski definition) is 4. The Kier molecular flexibility index (Phi) is 3.10. The van der Waals surface area contributed by atoms with Crippen LogP contribution in [0.4, 0.5) is 11.6 Å². The van der Waals surface area contributed by atoms with E-state index in [4.69, 9.17) is 5.73 Å². The number of nitrogens with two attached hydrogens (primary N) is 1. The summed E-state index contributed by atoms with van der Waals surface area (Å²) in [7, 11) is 1.69. The van der Waals surface area contributed by atoms with Gasteiger partial charge in [-0.05, 0) is 34.1 Å². The van der Waals surface area contributed by atoms with Crippen LogP contribution in [0.25, 0.3) is 0 Å². The number of hydrogen-bond donors (Lipinski definition) is 2. The van der Waals surface area contributed by atoms with E-state index in [0.717, 1.165) is 4.47 Å². The molecule has 3 N–H and O–H groups in total. The standard InChI is InChI=1S/C10H10BrN5O/c1-16-10(13-5-14-16)15-9(17)6-2-3-7(11)8(12)4-6/h2-5H,12H2,1H3,(H,13,14,15,17). The van der Waals surface area contributed by atoms with Crippen molar-refractivity contribution in [3.63, 3.8) is 0 Å². The van der Waals surface area contributed by atoms with Gasteiger partial charge in [0.1, 0.15) is 6.33 Å². The third-order valence-corrected chi connectivity index (χ3v) is 2.92. The van der Waals surface area contributed by atoms with Gasteiger partial charge in [0.2, 0.25) is 5.95 Å². The Morgan fingerprint density at radius 2 is 2.29 bits per heavy atom. The summed E-state index contributed by atoms with van der Waals surface area (Å²) in [6.07, 6.45) is 1.37. The Morgan fingerprint density at radius 3 is 2.88 bits per heavy atom. The van der Waals surface area contributed by atoms with Crippen molar-refractivity contribution in [2.24, 2.45) is 7.05 Å². The first-order valence-electron chi connectivity index (χ1n) is 4.78. The Labute approximate surface area is 106 Å². The summed E-state index contributed by atoms with van der Waals surface area (Å²) in [5.41, 5.74) is 6.68. The van der Waals surface area contributed by atoms with Crippen LogP contribution in [0.5, 0.6) is 0 Å². The molecule has 7 heteroatoms. The SMILES string of the molecule is Cn1ncnc1NC(=O)c1ccc(Br)c(N)c1. The number of nitrogens with one attached hydrogen (secondary N) is 1. The zero-order chi connectivity index (χ0) is 12.4. The largest absolute Gasteiger partial charge is 0.398 e. The molecule has 1 heterocycles. The maximum absolute atomic E-state index is 11.9. The molecule has 1 aromatic carbocycles. The molecule has 0 radical (unpaired) electrons. The molecule has 0 atom stereocenters. The molecule has 0 spiro atoms. The van der Waals surface area contributed by atoms with Crippen molar-refractivity contribution in [3.8, 4) is 0 Å². The first-order chi connectivity index (χ1) is 8.08. The van der Waals surface area contributed by atoms with E-state index >= 15 is 0 Å². The lowest BCUT2D eigenvalue weighted by Gasteiger charge is -2.05. The van der Waals surface area contributed by atoms with Crippen LogP contribution in [0, 0.1) is 0 Å². The molecule has 2 rings (SSSR count). The maximum atomic E-state index is 11.9. The van der Waals surface area contributed by atoms with E-state index in [1.54, 1.807) is 25.2 Å². The number of aromatic nitrogens is 3. The molecule has 0 fully saturated rings. The van der Waals surface area contributed by atoms with Crippen molar-refractivity contribution in [3.05, 3.63) is 34.6 Å². The van der Waals surface area contributed by atoms with Gasteiger partial charge in [0.05, 0.1) is 0 Å². The Balaban J connectivity index is 2.20. The highest BCUT2D eigenvalue weighted by Gasteiger charge is 2.10. The van der Waals surface area contributed by atoms with E-state index < -0.39 is 0 Å². The third kappa shape index (κ3) is 2.44. The van der Waals surface area contributed by atoms with Crippen LogP contribution in [0.2, 0.25) is 0 Å². The number of nitrogens with zero attached hydrogens (tertiary/aromatic N) is 3. The predicted molar refractivity (Wildman–Crippen MR) is 67.5 cm³/mol. The molecule has 0 bridgehead atoms. The molecule has 0 aliphatic rings. The quantitative estimate of drug-likeness (QED) is 0.820. The summed E-state index contributed by atoms with van der Waals surface area (Å²) in [5, 5.41) is 6.49. The van der Waals surface area contributed by atoms with Crippen LogP contribution in [0.1, 0.15) is 10.4 Å².